The molecule has 0 bridgehead atoms. The number of aryl methyl sites for hydroxylation is 1. The number of hydrogen-bond donors (Lipinski definition) is 1. The Kier molecular flexibility index (Phi) is 8.29. The monoisotopic (exact) mass is 508 g/mol. The van der Waals surface area contributed by atoms with Gasteiger partial charge >= 0.3 is 1.43 Å². The molecule has 0 aromatic heterocycles. The molecule has 3 aromatic rings. The molecule has 2 aliphatic rings. The predicted molar refractivity (Wildman–Crippen MR) is 137 cm³/mol. The average molecular weight is 509 g/mol. The van der Waals surface area contributed by atoms with E-state index in [4.69, 9.17) is 4.74 Å². The van der Waals surface area contributed by atoms with E-state index in [-0.39, 0.29) is 38.2 Å². The first kappa shape index (κ1) is 26.1. The number of piperidine rings is 1. The molecule has 6 nitrogen and oxygen atoms in total. The summed E-state index contributed by atoms with van der Waals surface area (Å²) in [6, 6.07) is 19.2. The van der Waals surface area contributed by atoms with Crippen LogP contribution in [0.15, 0.2) is 60.7 Å². The number of halogens is 1. The Morgan fingerprint density at radius 2 is 1.58 bits per heavy atom. The summed E-state index contributed by atoms with van der Waals surface area (Å²) in [4.78, 5) is 30.0. The van der Waals surface area contributed by atoms with Crippen LogP contribution in [0.3, 0.4) is 0 Å². The van der Waals surface area contributed by atoms with Crippen LogP contribution in [0.1, 0.15) is 47.5 Å². The predicted octanol–water partition coefficient (Wildman–Crippen LogP) is 1.27. The molecular weight excluding hydrogens is 476 g/mol. The third-order valence-electron chi connectivity index (χ3n) is 7.25. The molecule has 190 valence electrons. The van der Waals surface area contributed by atoms with Gasteiger partial charge in [-0.3, -0.25) is 14.5 Å². The molecule has 5 rings (SSSR count). The summed E-state index contributed by atoms with van der Waals surface area (Å²) in [5, 5.41) is 12.2. The zero-order valence-corrected chi connectivity index (χ0v) is 21.3. The van der Waals surface area contributed by atoms with Gasteiger partial charge in [0.2, 0.25) is 0 Å². The molecule has 7 heteroatoms. The third-order valence-corrected chi connectivity index (χ3v) is 7.25. The number of imide groups is 1. The second kappa shape index (κ2) is 11.4. The minimum absolute atomic E-state index is 0. The lowest BCUT2D eigenvalue weighted by Gasteiger charge is -2.36. The molecule has 1 fully saturated rings. The van der Waals surface area contributed by atoms with Crippen molar-refractivity contribution in [3.63, 3.8) is 0 Å². The highest BCUT2D eigenvalue weighted by Gasteiger charge is 2.34. The first-order valence-corrected chi connectivity index (χ1v) is 12.5. The second-order valence-electron chi connectivity index (χ2n) is 9.64. The van der Waals surface area contributed by atoms with Gasteiger partial charge in [0.15, 0.2) is 0 Å². The number of aliphatic hydroxyl groups excluding tert-OH is 1. The van der Waals surface area contributed by atoms with Gasteiger partial charge in [0.1, 0.15) is 18.5 Å². The molecule has 1 N–H and O–H groups in total. The van der Waals surface area contributed by atoms with E-state index in [2.05, 4.69) is 11.8 Å². The minimum Gasteiger partial charge on any atom is -1.00 e. The molecule has 0 radical (unpaired) electrons. The maximum absolute atomic E-state index is 13.2. The van der Waals surface area contributed by atoms with Crippen molar-refractivity contribution in [3.8, 4) is 5.75 Å². The fraction of sp³-hybridized carbons (Fsp3) is 0.379. The molecule has 1 saturated heterocycles. The van der Waals surface area contributed by atoms with Gasteiger partial charge in [-0.1, -0.05) is 43.3 Å². The summed E-state index contributed by atoms with van der Waals surface area (Å²) in [6.07, 6.45) is 2.19. The number of carbonyl (C=O) groups excluding carboxylic acids is 2. The first-order valence-electron chi connectivity index (χ1n) is 12.5. The van der Waals surface area contributed by atoms with E-state index in [1.54, 1.807) is 0 Å². The van der Waals surface area contributed by atoms with Crippen molar-refractivity contribution in [2.75, 3.05) is 32.8 Å². The fourth-order valence-electron chi connectivity index (χ4n) is 5.22. The molecule has 2 heterocycles. The highest BCUT2D eigenvalue weighted by Crippen LogP contribution is 2.31. The Hall–Kier alpha value is -2.93. The number of carbonyl (C=O) groups is 2. The molecule has 0 spiro atoms. The van der Waals surface area contributed by atoms with Gasteiger partial charge in [0.05, 0.1) is 0 Å². The summed E-state index contributed by atoms with van der Waals surface area (Å²) < 4.78 is 5.75. The number of benzene rings is 3. The highest BCUT2D eigenvalue weighted by atomic mass is 35.5. The van der Waals surface area contributed by atoms with Crippen LogP contribution in [0.25, 0.3) is 10.8 Å². The standard InChI is InChI=1S/C29H32N2O4.ClH/c1-2-20-9-11-24(12-10-20)35-19-23(32)18-30-15-13-21(14-16-30)17-31-28(33)25-7-3-5-22-6-4-8-26(27(22)25)29(31)34;/h3-12,21,23,32H,2,13-19H2,1H3;1H. The Labute approximate surface area is 219 Å². The number of nitrogens with zero attached hydrogens (tertiary/aromatic N) is 2. The zero-order chi connectivity index (χ0) is 24.4. The Balaban J connectivity index is 0.00000190. The Morgan fingerprint density at radius 1 is 0.972 bits per heavy atom. The van der Waals surface area contributed by atoms with Crippen LogP contribution < -0.4 is 17.1 Å². The van der Waals surface area contributed by atoms with Crippen molar-refractivity contribution in [2.45, 2.75) is 32.3 Å². The van der Waals surface area contributed by atoms with Crippen LogP contribution in [0.4, 0.5) is 0 Å². The number of aliphatic hydroxyl groups is 1. The van der Waals surface area contributed by atoms with Gasteiger partial charge in [-0.05, 0) is 73.5 Å². The molecule has 36 heavy (non-hydrogen) atoms. The van der Waals surface area contributed by atoms with E-state index in [1.807, 2.05) is 60.7 Å². The van der Waals surface area contributed by atoms with Crippen molar-refractivity contribution < 1.29 is 33.3 Å². The quantitative estimate of drug-likeness (QED) is 0.464. The van der Waals surface area contributed by atoms with E-state index < -0.39 is 6.10 Å². The smallest absolute Gasteiger partial charge is 1.00 e. The van der Waals surface area contributed by atoms with Crippen LogP contribution >= 0.6 is 0 Å². The molecule has 1 atom stereocenters. The van der Waals surface area contributed by atoms with Crippen molar-refractivity contribution in [1.82, 2.24) is 9.80 Å². The van der Waals surface area contributed by atoms with E-state index in [9.17, 15) is 14.7 Å². The highest BCUT2D eigenvalue weighted by molar-refractivity contribution is 6.25. The Bertz CT molecular complexity index is 1180. The number of ether oxygens (including phenoxy) is 1. The first-order chi connectivity index (χ1) is 17.0. The molecule has 0 saturated carbocycles. The summed E-state index contributed by atoms with van der Waals surface area (Å²) in [7, 11) is 0. The van der Waals surface area contributed by atoms with Crippen LogP contribution in [-0.4, -0.2) is 65.6 Å². The van der Waals surface area contributed by atoms with Crippen LogP contribution in [0.5, 0.6) is 5.75 Å². The van der Waals surface area contributed by atoms with Gasteiger partial charge in [0.25, 0.3) is 11.8 Å². The lowest BCUT2D eigenvalue weighted by atomic mass is 9.91. The summed E-state index contributed by atoms with van der Waals surface area (Å²) in [6.45, 7) is 5.02. The number of β-amino-alcohol motifs (C(OH)–C–C–N with tert-alkyl or cyclic N) is 1. The van der Waals surface area contributed by atoms with Crippen LogP contribution in [0, 0.1) is 5.92 Å². The van der Waals surface area contributed by atoms with E-state index >= 15 is 0 Å². The number of hydrogen-bond acceptors (Lipinski definition) is 5. The maximum atomic E-state index is 13.2. The van der Waals surface area contributed by atoms with Gasteiger partial charge in [-0.2, -0.15) is 0 Å². The molecule has 0 aliphatic carbocycles. The Morgan fingerprint density at radius 3 is 2.17 bits per heavy atom. The molecule has 2 aliphatic heterocycles. The summed E-state index contributed by atoms with van der Waals surface area (Å²) in [5.41, 5.74) is 2.49. The zero-order valence-electron chi connectivity index (χ0n) is 21.5. The van der Waals surface area contributed by atoms with E-state index in [0.29, 0.717) is 24.2 Å². The minimum atomic E-state index is -0.570. The molecule has 3 aromatic carbocycles. The SMILES string of the molecule is CCc1ccc(OCC(O)CN2CCC(CN3C(=O)c4cccc5cccc(c45)C3=O)CC2)cc1.[Cl-].[H+]. The van der Waals surface area contributed by atoms with E-state index in [1.165, 1.54) is 10.5 Å². The number of likely N-dealkylation sites (tertiary alicyclic amines) is 1. The van der Waals surface area contributed by atoms with Gasteiger partial charge in [-0.25, -0.2) is 0 Å². The van der Waals surface area contributed by atoms with Crippen molar-refractivity contribution in [1.29, 1.82) is 0 Å². The van der Waals surface area contributed by atoms with Crippen LogP contribution in [0.2, 0.25) is 0 Å². The van der Waals surface area contributed by atoms with Gasteiger partial charge in [-0.15, -0.1) is 0 Å². The number of amides is 2. The average Bonchev–Trinajstić information content (AvgIpc) is 2.89. The van der Waals surface area contributed by atoms with Crippen LogP contribution in [-0.2, 0) is 6.42 Å². The maximum Gasteiger partial charge on any atom is 1.00 e. The summed E-state index contributed by atoms with van der Waals surface area (Å²) >= 11 is 0. The van der Waals surface area contributed by atoms with Gasteiger partial charge in [0, 0.05) is 29.6 Å². The van der Waals surface area contributed by atoms with Gasteiger partial charge < -0.3 is 27.2 Å². The normalized spacial score (nSPS) is 17.2. The van der Waals surface area contributed by atoms with Crippen molar-refractivity contribution in [3.05, 3.63) is 77.4 Å². The van der Waals surface area contributed by atoms with Crippen molar-refractivity contribution >= 4 is 22.6 Å². The molecule has 1 unspecified atom stereocenters. The third kappa shape index (κ3) is 5.41. The lowest BCUT2D eigenvalue weighted by molar-refractivity contribution is -0.0000365. The topological polar surface area (TPSA) is 70.1 Å². The lowest BCUT2D eigenvalue weighted by Crippen LogP contribution is -3.00. The summed E-state index contributed by atoms with van der Waals surface area (Å²) in [5.74, 6) is 0.643. The van der Waals surface area contributed by atoms with E-state index in [0.717, 1.165) is 48.9 Å². The molecular formula is C29H33ClN2O4. The van der Waals surface area contributed by atoms with Crippen molar-refractivity contribution in [2.24, 2.45) is 5.92 Å². The largest absolute Gasteiger partial charge is 1.00 e. The molecule has 2 amide bonds. The second-order valence-corrected chi connectivity index (χ2v) is 9.64. The fourth-order valence-corrected chi connectivity index (χ4v) is 5.22. The number of rotatable bonds is 8.